The molecule has 0 saturated heterocycles. The van der Waals surface area contributed by atoms with Gasteiger partial charge in [-0.2, -0.15) is 0 Å². The van der Waals surface area contributed by atoms with Gasteiger partial charge in [0, 0.05) is 12.4 Å². The van der Waals surface area contributed by atoms with Crippen LogP contribution in [0.3, 0.4) is 0 Å². The van der Waals surface area contributed by atoms with Crippen LogP contribution in [-0.2, 0) is 0 Å². The van der Waals surface area contributed by atoms with Gasteiger partial charge < -0.3 is 5.11 Å². The molecule has 0 aliphatic carbocycles. The zero-order chi connectivity index (χ0) is 14.5. The van der Waals surface area contributed by atoms with Crippen molar-refractivity contribution in [2.75, 3.05) is 0 Å². The van der Waals surface area contributed by atoms with Gasteiger partial charge in [-0.1, -0.05) is 71.1 Å². The predicted octanol–water partition coefficient (Wildman–Crippen LogP) is 4.82. The zero-order valence-corrected chi connectivity index (χ0v) is 12.9. The van der Waals surface area contributed by atoms with Gasteiger partial charge in [-0.25, -0.2) is 0 Å². The van der Waals surface area contributed by atoms with E-state index in [1.54, 1.807) is 18.6 Å². The first-order chi connectivity index (χ1) is 9.84. The third-order valence-corrected chi connectivity index (χ3v) is 3.76. The van der Waals surface area contributed by atoms with Gasteiger partial charge in [-0.15, -0.1) is 0 Å². The lowest BCUT2D eigenvalue weighted by Gasteiger charge is -2.08. The highest BCUT2D eigenvalue weighted by molar-refractivity contribution is 4.98. The average molecular weight is 278 g/mol. The third kappa shape index (κ3) is 8.26. The Labute approximate surface area is 123 Å². The molecule has 1 unspecified atom stereocenters. The summed E-state index contributed by atoms with van der Waals surface area (Å²) >= 11 is 0. The van der Waals surface area contributed by atoms with Crippen LogP contribution in [0.4, 0.5) is 0 Å². The van der Waals surface area contributed by atoms with Gasteiger partial charge in [-0.3, -0.25) is 9.97 Å². The summed E-state index contributed by atoms with van der Waals surface area (Å²) in [5, 5.41) is 9.94. The van der Waals surface area contributed by atoms with Crippen molar-refractivity contribution in [3.05, 3.63) is 24.3 Å². The Kier molecular flexibility index (Phi) is 10.1. The maximum Gasteiger partial charge on any atom is 0.0975 e. The molecule has 1 atom stereocenters. The molecular formula is C17H30N2O. The average Bonchev–Trinajstić information content (AvgIpc) is 2.50. The molecule has 0 bridgehead atoms. The minimum Gasteiger partial charge on any atom is -0.387 e. The van der Waals surface area contributed by atoms with Crippen LogP contribution in [-0.4, -0.2) is 15.1 Å². The number of rotatable bonds is 12. The number of nitrogens with zero attached hydrogens (tertiary/aromatic N) is 2. The van der Waals surface area contributed by atoms with Gasteiger partial charge in [0.25, 0.3) is 0 Å². The maximum atomic E-state index is 9.94. The van der Waals surface area contributed by atoms with Crippen molar-refractivity contribution in [2.24, 2.45) is 0 Å². The molecular weight excluding hydrogens is 248 g/mol. The fourth-order valence-electron chi connectivity index (χ4n) is 2.46. The number of aliphatic hydroxyl groups is 1. The lowest BCUT2D eigenvalue weighted by atomic mass is 10.0. The monoisotopic (exact) mass is 278 g/mol. The fraction of sp³-hybridized carbons (Fsp3) is 0.765. The van der Waals surface area contributed by atoms with E-state index in [0.717, 1.165) is 12.8 Å². The number of aliphatic hydroxyl groups excluding tert-OH is 1. The second-order valence-corrected chi connectivity index (χ2v) is 5.62. The summed E-state index contributed by atoms with van der Waals surface area (Å²) in [4.78, 5) is 8.11. The van der Waals surface area contributed by atoms with Crippen LogP contribution >= 0.6 is 0 Å². The first kappa shape index (κ1) is 17.1. The van der Waals surface area contributed by atoms with E-state index in [2.05, 4.69) is 16.9 Å². The van der Waals surface area contributed by atoms with Crippen molar-refractivity contribution in [3.63, 3.8) is 0 Å². The summed E-state index contributed by atoms with van der Waals surface area (Å²) in [5.41, 5.74) is 0.698. The van der Waals surface area contributed by atoms with Gasteiger partial charge >= 0.3 is 0 Å². The molecule has 114 valence electrons. The second-order valence-electron chi connectivity index (χ2n) is 5.62. The molecule has 1 N–H and O–H groups in total. The van der Waals surface area contributed by atoms with E-state index in [1.807, 2.05) is 0 Å². The summed E-state index contributed by atoms with van der Waals surface area (Å²) in [6.45, 7) is 2.26. The largest absolute Gasteiger partial charge is 0.387 e. The van der Waals surface area contributed by atoms with E-state index in [9.17, 15) is 5.11 Å². The molecule has 0 radical (unpaired) electrons. The lowest BCUT2D eigenvalue weighted by molar-refractivity contribution is 0.158. The highest BCUT2D eigenvalue weighted by Gasteiger charge is 2.07. The van der Waals surface area contributed by atoms with Crippen molar-refractivity contribution in [3.8, 4) is 0 Å². The smallest absolute Gasteiger partial charge is 0.0975 e. The van der Waals surface area contributed by atoms with Crippen LogP contribution in [0.5, 0.6) is 0 Å². The molecule has 1 rings (SSSR count). The van der Waals surface area contributed by atoms with Gasteiger partial charge in [0.2, 0.25) is 0 Å². The van der Waals surface area contributed by atoms with Crippen molar-refractivity contribution in [1.82, 2.24) is 9.97 Å². The fourth-order valence-corrected chi connectivity index (χ4v) is 2.46. The Hall–Kier alpha value is -0.960. The van der Waals surface area contributed by atoms with E-state index in [1.165, 1.54) is 57.8 Å². The van der Waals surface area contributed by atoms with Gasteiger partial charge in [0.1, 0.15) is 0 Å². The molecule has 0 aliphatic heterocycles. The summed E-state index contributed by atoms with van der Waals surface area (Å²) in [7, 11) is 0. The van der Waals surface area contributed by atoms with Crippen LogP contribution in [0.2, 0.25) is 0 Å². The molecule has 3 nitrogen and oxygen atoms in total. The standard InChI is InChI=1S/C17H30N2O/c1-2-3-4-5-6-7-8-9-10-11-12-17(20)16-15-18-13-14-19-16/h13-15,17,20H,2-12H2,1H3. The molecule has 0 saturated carbocycles. The third-order valence-electron chi connectivity index (χ3n) is 3.76. The topological polar surface area (TPSA) is 46.0 Å². The Balaban J connectivity index is 1.90. The normalized spacial score (nSPS) is 12.5. The molecule has 0 aliphatic rings. The molecule has 1 heterocycles. The van der Waals surface area contributed by atoms with Crippen LogP contribution in [0.15, 0.2) is 18.6 Å². The Morgan fingerprint density at radius 3 is 2.05 bits per heavy atom. The molecule has 0 amide bonds. The number of unbranched alkanes of at least 4 members (excludes halogenated alkanes) is 9. The number of aromatic nitrogens is 2. The van der Waals surface area contributed by atoms with Crippen molar-refractivity contribution in [1.29, 1.82) is 0 Å². The van der Waals surface area contributed by atoms with Crippen molar-refractivity contribution < 1.29 is 5.11 Å². The SMILES string of the molecule is CCCCCCCCCCCCC(O)c1cnccn1. The van der Waals surface area contributed by atoms with Crippen molar-refractivity contribution in [2.45, 2.75) is 83.7 Å². The Bertz CT molecular complexity index is 316. The molecule has 0 aromatic carbocycles. The van der Waals surface area contributed by atoms with Gasteiger partial charge in [0.05, 0.1) is 18.0 Å². The number of hydrogen-bond acceptors (Lipinski definition) is 3. The summed E-state index contributed by atoms with van der Waals surface area (Å²) < 4.78 is 0. The highest BCUT2D eigenvalue weighted by atomic mass is 16.3. The Morgan fingerprint density at radius 2 is 1.50 bits per heavy atom. The van der Waals surface area contributed by atoms with Crippen LogP contribution in [0, 0.1) is 0 Å². The number of hydrogen-bond donors (Lipinski definition) is 1. The second kappa shape index (κ2) is 11.8. The van der Waals surface area contributed by atoms with E-state index in [-0.39, 0.29) is 0 Å². The zero-order valence-electron chi connectivity index (χ0n) is 12.9. The minimum absolute atomic E-state index is 0.447. The molecule has 1 aromatic rings. The maximum absolute atomic E-state index is 9.94. The quantitative estimate of drug-likeness (QED) is 0.557. The Morgan fingerprint density at radius 1 is 0.900 bits per heavy atom. The molecule has 1 aromatic heterocycles. The van der Waals surface area contributed by atoms with Gasteiger partial charge in [0.15, 0.2) is 0 Å². The summed E-state index contributed by atoms with van der Waals surface area (Å²) in [6, 6.07) is 0. The van der Waals surface area contributed by atoms with E-state index in [0.29, 0.717) is 5.69 Å². The highest BCUT2D eigenvalue weighted by Crippen LogP contribution is 2.18. The lowest BCUT2D eigenvalue weighted by Crippen LogP contribution is -2.00. The molecule has 0 spiro atoms. The van der Waals surface area contributed by atoms with Crippen molar-refractivity contribution >= 4 is 0 Å². The molecule has 0 fully saturated rings. The first-order valence-corrected chi connectivity index (χ1v) is 8.28. The van der Waals surface area contributed by atoms with E-state index in [4.69, 9.17) is 0 Å². The van der Waals surface area contributed by atoms with Gasteiger partial charge in [-0.05, 0) is 6.42 Å². The van der Waals surface area contributed by atoms with Crippen LogP contribution in [0.25, 0.3) is 0 Å². The predicted molar refractivity (Wildman–Crippen MR) is 83.5 cm³/mol. The molecule has 20 heavy (non-hydrogen) atoms. The first-order valence-electron chi connectivity index (χ1n) is 8.28. The molecule has 3 heteroatoms. The van der Waals surface area contributed by atoms with Crippen LogP contribution in [0.1, 0.15) is 89.4 Å². The summed E-state index contributed by atoms with van der Waals surface area (Å²) in [5.74, 6) is 0. The van der Waals surface area contributed by atoms with E-state index >= 15 is 0 Å². The van der Waals surface area contributed by atoms with E-state index < -0.39 is 6.10 Å². The summed E-state index contributed by atoms with van der Waals surface area (Å²) in [6.07, 6.45) is 18.5. The minimum atomic E-state index is -0.447. The van der Waals surface area contributed by atoms with Crippen LogP contribution < -0.4 is 0 Å².